The van der Waals surface area contributed by atoms with Crippen molar-refractivity contribution in [1.29, 1.82) is 0 Å². The largest absolute Gasteiger partial charge is 0.497 e. The molecule has 8 nitrogen and oxygen atoms in total. The molecule has 1 atom stereocenters. The van der Waals surface area contributed by atoms with Gasteiger partial charge in [-0.3, -0.25) is 13.9 Å². The topological polar surface area (TPSA) is 96.0 Å². The lowest BCUT2D eigenvalue weighted by atomic mass is 10.1. The predicted molar refractivity (Wildman–Crippen MR) is 156 cm³/mol. The molecular formula is C29H34BrN3O5S. The first kappa shape index (κ1) is 30.2. The van der Waals surface area contributed by atoms with Gasteiger partial charge in [0.25, 0.3) is 10.0 Å². The summed E-state index contributed by atoms with van der Waals surface area (Å²) < 4.78 is 34.8. The first-order valence-corrected chi connectivity index (χ1v) is 14.8. The molecule has 0 aliphatic heterocycles. The summed E-state index contributed by atoms with van der Waals surface area (Å²) in [7, 11) is -2.65. The number of benzene rings is 3. The van der Waals surface area contributed by atoms with E-state index < -0.39 is 28.5 Å². The van der Waals surface area contributed by atoms with Gasteiger partial charge in [0.15, 0.2) is 0 Å². The first-order valence-electron chi connectivity index (χ1n) is 12.6. The molecule has 0 aliphatic carbocycles. The van der Waals surface area contributed by atoms with Crippen LogP contribution < -0.4 is 14.4 Å². The minimum Gasteiger partial charge on any atom is -0.497 e. The van der Waals surface area contributed by atoms with Gasteiger partial charge >= 0.3 is 0 Å². The third-order valence-corrected chi connectivity index (χ3v) is 8.33. The van der Waals surface area contributed by atoms with E-state index >= 15 is 0 Å². The van der Waals surface area contributed by atoms with E-state index in [0.29, 0.717) is 12.3 Å². The van der Waals surface area contributed by atoms with Crippen molar-refractivity contribution in [1.82, 2.24) is 10.2 Å². The monoisotopic (exact) mass is 615 g/mol. The number of hydrogen-bond acceptors (Lipinski definition) is 5. The molecule has 0 saturated heterocycles. The number of sulfonamides is 1. The molecule has 0 aromatic heterocycles. The highest BCUT2D eigenvalue weighted by Crippen LogP contribution is 2.27. The quantitative estimate of drug-likeness (QED) is 0.314. The number of rotatable bonds is 12. The van der Waals surface area contributed by atoms with E-state index in [-0.39, 0.29) is 29.0 Å². The van der Waals surface area contributed by atoms with E-state index in [1.807, 2.05) is 38.1 Å². The van der Waals surface area contributed by atoms with Crippen LogP contribution in [0.25, 0.3) is 0 Å². The highest BCUT2D eigenvalue weighted by molar-refractivity contribution is 9.10. The molecule has 0 bridgehead atoms. The fourth-order valence-electron chi connectivity index (χ4n) is 3.88. The number of amides is 2. The van der Waals surface area contributed by atoms with Gasteiger partial charge in [-0.15, -0.1) is 0 Å². The summed E-state index contributed by atoms with van der Waals surface area (Å²) in [5, 5.41) is 2.88. The van der Waals surface area contributed by atoms with Crippen LogP contribution in [0.3, 0.4) is 0 Å². The van der Waals surface area contributed by atoms with Gasteiger partial charge in [0, 0.05) is 23.6 Å². The van der Waals surface area contributed by atoms with Crippen LogP contribution in [0.4, 0.5) is 5.69 Å². The van der Waals surface area contributed by atoms with Crippen LogP contribution >= 0.6 is 15.9 Å². The van der Waals surface area contributed by atoms with Crippen LogP contribution in [0.1, 0.15) is 26.3 Å². The first-order chi connectivity index (χ1) is 18.5. The fourth-order valence-corrected chi connectivity index (χ4v) is 5.75. The number of anilines is 1. The lowest BCUT2D eigenvalue weighted by Crippen LogP contribution is -2.51. The fraction of sp³-hybridized carbons (Fsp3) is 0.310. The lowest BCUT2D eigenvalue weighted by Gasteiger charge is -2.32. The molecule has 1 N–H and O–H groups in total. The molecule has 0 heterocycles. The molecule has 3 aromatic carbocycles. The Hall–Kier alpha value is -3.37. The van der Waals surface area contributed by atoms with E-state index in [4.69, 9.17) is 4.74 Å². The molecule has 3 rings (SSSR count). The zero-order valence-electron chi connectivity index (χ0n) is 22.5. The Kier molecular flexibility index (Phi) is 10.5. The van der Waals surface area contributed by atoms with Crippen LogP contribution in [0.5, 0.6) is 5.75 Å². The second-order valence-corrected chi connectivity index (χ2v) is 12.3. The summed E-state index contributed by atoms with van der Waals surface area (Å²) in [5.74, 6) is -0.161. The molecule has 39 heavy (non-hydrogen) atoms. The standard InChI is InChI=1S/C29H34BrN3O5S/c1-21(2)18-31-29(35)22(3)32(19-23-10-8-11-24(30)16-23)28(34)20-33(25-12-9-13-26(17-25)38-4)39(36,37)27-14-6-5-7-15-27/h5-17,21-22H,18-20H2,1-4H3,(H,31,35). The molecule has 1 unspecified atom stereocenters. The van der Waals surface area contributed by atoms with Gasteiger partial charge in [-0.05, 0) is 54.8 Å². The normalized spacial score (nSPS) is 12.1. The van der Waals surface area contributed by atoms with Crippen molar-refractivity contribution in [2.24, 2.45) is 5.92 Å². The minimum atomic E-state index is -4.13. The molecule has 3 aromatic rings. The number of methoxy groups -OCH3 is 1. The predicted octanol–water partition coefficient (Wildman–Crippen LogP) is 4.84. The number of nitrogens with one attached hydrogen (secondary N) is 1. The number of carbonyl (C=O) groups excluding carboxylic acids is 2. The van der Waals surface area contributed by atoms with Gasteiger partial charge in [0.1, 0.15) is 18.3 Å². The number of halogens is 1. The van der Waals surface area contributed by atoms with Crippen LogP contribution in [0.2, 0.25) is 0 Å². The Morgan fingerprint density at radius 1 is 0.949 bits per heavy atom. The Bertz CT molecular complexity index is 1380. The van der Waals surface area contributed by atoms with Crippen molar-refractivity contribution < 1.29 is 22.7 Å². The number of hydrogen-bond donors (Lipinski definition) is 1. The maximum Gasteiger partial charge on any atom is 0.264 e. The van der Waals surface area contributed by atoms with E-state index in [1.54, 1.807) is 49.4 Å². The maximum absolute atomic E-state index is 13.9. The molecule has 208 valence electrons. The molecule has 2 amide bonds. The SMILES string of the molecule is COc1cccc(N(CC(=O)N(Cc2cccc(Br)c2)C(C)C(=O)NCC(C)C)S(=O)(=O)c2ccccc2)c1. The Labute approximate surface area is 239 Å². The van der Waals surface area contributed by atoms with Crippen LogP contribution in [0.15, 0.2) is 88.2 Å². The third-order valence-electron chi connectivity index (χ3n) is 6.05. The Balaban J connectivity index is 2.02. The Morgan fingerprint density at radius 2 is 1.64 bits per heavy atom. The second kappa shape index (κ2) is 13.6. The molecule has 10 heteroatoms. The van der Waals surface area contributed by atoms with Crippen molar-refractivity contribution in [3.8, 4) is 5.75 Å². The van der Waals surface area contributed by atoms with Crippen LogP contribution in [0, 0.1) is 5.92 Å². The van der Waals surface area contributed by atoms with Gasteiger partial charge in [-0.2, -0.15) is 0 Å². The van der Waals surface area contributed by atoms with Crippen molar-refractivity contribution >= 4 is 43.5 Å². The Morgan fingerprint density at radius 3 is 2.28 bits per heavy atom. The van der Waals surface area contributed by atoms with Crippen molar-refractivity contribution in [3.63, 3.8) is 0 Å². The maximum atomic E-state index is 13.9. The summed E-state index contributed by atoms with van der Waals surface area (Å²) in [6.07, 6.45) is 0. The summed E-state index contributed by atoms with van der Waals surface area (Å²) in [6, 6.07) is 21.0. The summed E-state index contributed by atoms with van der Waals surface area (Å²) in [4.78, 5) is 28.4. The molecule has 0 spiro atoms. The zero-order chi connectivity index (χ0) is 28.6. The average molecular weight is 617 g/mol. The van der Waals surface area contributed by atoms with Crippen molar-refractivity contribution in [2.75, 3.05) is 24.5 Å². The summed E-state index contributed by atoms with van der Waals surface area (Å²) in [5.41, 5.74) is 1.06. The summed E-state index contributed by atoms with van der Waals surface area (Å²) in [6.45, 7) is 5.67. The molecular weight excluding hydrogens is 582 g/mol. The van der Waals surface area contributed by atoms with Crippen molar-refractivity contribution in [2.45, 2.75) is 38.3 Å². The van der Waals surface area contributed by atoms with E-state index in [9.17, 15) is 18.0 Å². The number of nitrogens with zero attached hydrogens (tertiary/aromatic N) is 2. The molecule has 0 fully saturated rings. The van der Waals surface area contributed by atoms with Gasteiger partial charge in [0.05, 0.1) is 17.7 Å². The lowest BCUT2D eigenvalue weighted by molar-refractivity contribution is -0.139. The van der Waals surface area contributed by atoms with Gasteiger partial charge < -0.3 is 15.0 Å². The van der Waals surface area contributed by atoms with Crippen LogP contribution in [-0.4, -0.2) is 51.4 Å². The highest BCUT2D eigenvalue weighted by atomic mass is 79.9. The molecule has 0 radical (unpaired) electrons. The van der Waals surface area contributed by atoms with Crippen LogP contribution in [-0.2, 0) is 26.2 Å². The van der Waals surface area contributed by atoms with Gasteiger partial charge in [-0.1, -0.05) is 66.2 Å². The third kappa shape index (κ3) is 8.06. The van der Waals surface area contributed by atoms with E-state index in [2.05, 4.69) is 21.2 Å². The second-order valence-electron chi connectivity index (χ2n) is 9.49. The zero-order valence-corrected chi connectivity index (χ0v) is 24.9. The van der Waals surface area contributed by atoms with Gasteiger partial charge in [0.2, 0.25) is 11.8 Å². The smallest absolute Gasteiger partial charge is 0.264 e. The number of ether oxygens (including phenoxy) is 1. The summed E-state index contributed by atoms with van der Waals surface area (Å²) >= 11 is 3.45. The average Bonchev–Trinajstić information content (AvgIpc) is 2.93. The minimum absolute atomic E-state index is 0.0434. The van der Waals surface area contributed by atoms with E-state index in [0.717, 1.165) is 14.3 Å². The number of carbonyl (C=O) groups is 2. The van der Waals surface area contributed by atoms with Gasteiger partial charge in [-0.25, -0.2) is 8.42 Å². The van der Waals surface area contributed by atoms with E-state index in [1.165, 1.54) is 24.1 Å². The molecule has 0 aliphatic rings. The highest BCUT2D eigenvalue weighted by Gasteiger charge is 2.32. The molecule has 0 saturated carbocycles. The van der Waals surface area contributed by atoms with Crippen molar-refractivity contribution in [3.05, 3.63) is 88.9 Å².